The third-order valence-electron chi connectivity index (χ3n) is 3.59. The molecule has 18 heavy (non-hydrogen) atoms. The fraction of sp³-hybridized carbons (Fsp3) is 0.769. The van der Waals surface area contributed by atoms with Crippen LogP contribution in [0, 0.1) is 13.8 Å². The Balaban J connectivity index is 2.14. The molecule has 1 atom stereocenters. The molecule has 1 aliphatic heterocycles. The van der Waals surface area contributed by atoms with Gasteiger partial charge in [-0.05, 0) is 39.7 Å². The topological polar surface area (TPSA) is 53.9 Å². The van der Waals surface area contributed by atoms with E-state index in [9.17, 15) is 0 Å². The van der Waals surface area contributed by atoms with Gasteiger partial charge in [0, 0.05) is 19.1 Å². The summed E-state index contributed by atoms with van der Waals surface area (Å²) in [6.45, 7) is 9.15. The Morgan fingerprint density at radius 2 is 2.06 bits per heavy atom. The minimum Gasteiger partial charge on any atom is -0.335 e. The van der Waals surface area contributed by atoms with E-state index in [1.165, 1.54) is 19.3 Å². The van der Waals surface area contributed by atoms with Crippen LogP contribution in [0.15, 0.2) is 0 Å². The van der Waals surface area contributed by atoms with Crippen LogP contribution in [0.2, 0.25) is 0 Å². The van der Waals surface area contributed by atoms with Crippen molar-refractivity contribution in [3.63, 3.8) is 0 Å². The van der Waals surface area contributed by atoms with E-state index in [0.717, 1.165) is 37.0 Å². The van der Waals surface area contributed by atoms with Gasteiger partial charge in [0.1, 0.15) is 0 Å². The molecule has 0 bridgehead atoms. The molecule has 1 N–H and O–H groups in total. The molecule has 0 aromatic carbocycles. The van der Waals surface area contributed by atoms with Gasteiger partial charge in [-0.1, -0.05) is 6.92 Å². The van der Waals surface area contributed by atoms with E-state index in [4.69, 9.17) is 0 Å². The van der Waals surface area contributed by atoms with Crippen LogP contribution in [-0.4, -0.2) is 40.9 Å². The van der Waals surface area contributed by atoms with Gasteiger partial charge in [0.05, 0.1) is 11.4 Å². The van der Waals surface area contributed by atoms with Crippen molar-refractivity contribution in [1.29, 1.82) is 0 Å². The number of hydrogen-bond donors (Lipinski definition) is 1. The normalized spacial score (nSPS) is 20.2. The van der Waals surface area contributed by atoms with Crippen molar-refractivity contribution in [1.82, 2.24) is 20.5 Å². The number of aryl methyl sites for hydroxylation is 2. The number of nitrogens with zero attached hydrogens (tertiary/aromatic N) is 4. The molecule has 1 aromatic heterocycles. The number of rotatable bonds is 4. The van der Waals surface area contributed by atoms with Crippen molar-refractivity contribution in [3.05, 3.63) is 11.4 Å². The molecule has 100 valence electrons. The Labute approximate surface area is 109 Å². The van der Waals surface area contributed by atoms with Gasteiger partial charge in [0.25, 0.3) is 0 Å². The predicted molar refractivity (Wildman–Crippen MR) is 72.8 cm³/mol. The molecule has 1 saturated heterocycles. The Kier molecular flexibility index (Phi) is 4.47. The summed E-state index contributed by atoms with van der Waals surface area (Å²) in [6, 6.07) is 0.502. The summed E-state index contributed by atoms with van der Waals surface area (Å²) in [5.41, 5.74) is 1.90. The number of piperidine rings is 1. The Bertz CT molecular complexity index is 393. The van der Waals surface area contributed by atoms with Crippen molar-refractivity contribution in [2.45, 2.75) is 46.1 Å². The highest BCUT2D eigenvalue weighted by Gasteiger charge is 2.24. The largest absolute Gasteiger partial charge is 0.335 e. The van der Waals surface area contributed by atoms with E-state index >= 15 is 0 Å². The molecule has 0 radical (unpaired) electrons. The van der Waals surface area contributed by atoms with E-state index < -0.39 is 0 Å². The lowest BCUT2D eigenvalue weighted by Gasteiger charge is -2.35. The average Bonchev–Trinajstić information content (AvgIpc) is 2.40. The SMILES string of the molecule is CCNCC1CCCCN1c1nnc(C)c(C)n1. The first-order chi connectivity index (χ1) is 8.72. The monoisotopic (exact) mass is 249 g/mol. The first-order valence-electron chi connectivity index (χ1n) is 6.87. The van der Waals surface area contributed by atoms with E-state index in [1.807, 2.05) is 13.8 Å². The lowest BCUT2D eigenvalue weighted by Crippen LogP contribution is -2.46. The number of likely N-dealkylation sites (N-methyl/N-ethyl adjacent to an activating group) is 1. The molecule has 2 rings (SSSR count). The minimum absolute atomic E-state index is 0.502. The maximum Gasteiger partial charge on any atom is 0.245 e. The zero-order valence-corrected chi connectivity index (χ0v) is 11.6. The lowest BCUT2D eigenvalue weighted by atomic mass is 10.0. The van der Waals surface area contributed by atoms with Crippen LogP contribution >= 0.6 is 0 Å². The molecule has 1 fully saturated rings. The maximum atomic E-state index is 4.58. The molecule has 0 aliphatic carbocycles. The molecule has 1 aromatic rings. The van der Waals surface area contributed by atoms with Crippen molar-refractivity contribution >= 4 is 5.95 Å². The summed E-state index contributed by atoms with van der Waals surface area (Å²) in [6.07, 6.45) is 3.73. The summed E-state index contributed by atoms with van der Waals surface area (Å²) < 4.78 is 0. The summed E-state index contributed by atoms with van der Waals surface area (Å²) in [4.78, 5) is 6.89. The highest BCUT2D eigenvalue weighted by Crippen LogP contribution is 2.21. The molecular weight excluding hydrogens is 226 g/mol. The van der Waals surface area contributed by atoms with Gasteiger partial charge in [-0.25, -0.2) is 4.98 Å². The van der Waals surface area contributed by atoms with Gasteiger partial charge in [-0.3, -0.25) is 0 Å². The van der Waals surface area contributed by atoms with Crippen molar-refractivity contribution in [2.24, 2.45) is 0 Å². The molecule has 1 unspecified atom stereocenters. The zero-order valence-electron chi connectivity index (χ0n) is 11.6. The quantitative estimate of drug-likeness (QED) is 0.875. The fourth-order valence-electron chi connectivity index (χ4n) is 2.35. The van der Waals surface area contributed by atoms with E-state index in [2.05, 4.69) is 32.3 Å². The summed E-state index contributed by atoms with van der Waals surface area (Å²) in [5, 5.41) is 11.9. The van der Waals surface area contributed by atoms with E-state index in [0.29, 0.717) is 6.04 Å². The van der Waals surface area contributed by atoms with E-state index in [1.54, 1.807) is 0 Å². The van der Waals surface area contributed by atoms with Crippen LogP contribution < -0.4 is 10.2 Å². The van der Waals surface area contributed by atoms with E-state index in [-0.39, 0.29) is 0 Å². The first-order valence-corrected chi connectivity index (χ1v) is 6.87. The summed E-state index contributed by atoms with van der Waals surface area (Å²) >= 11 is 0. The highest BCUT2D eigenvalue weighted by molar-refractivity contribution is 5.32. The molecule has 0 spiro atoms. The third kappa shape index (κ3) is 2.96. The second kappa shape index (κ2) is 6.09. The molecular formula is C13H23N5. The molecule has 5 nitrogen and oxygen atoms in total. The average molecular weight is 249 g/mol. The first kappa shape index (κ1) is 13.2. The second-order valence-electron chi connectivity index (χ2n) is 4.93. The molecule has 5 heteroatoms. The maximum absolute atomic E-state index is 4.58. The molecule has 2 heterocycles. The van der Waals surface area contributed by atoms with Crippen LogP contribution in [0.3, 0.4) is 0 Å². The second-order valence-corrected chi connectivity index (χ2v) is 4.93. The Morgan fingerprint density at radius 1 is 1.22 bits per heavy atom. The lowest BCUT2D eigenvalue weighted by molar-refractivity contribution is 0.431. The predicted octanol–water partition coefficient (Wildman–Crippen LogP) is 1.46. The third-order valence-corrected chi connectivity index (χ3v) is 3.59. The van der Waals surface area contributed by atoms with Crippen molar-refractivity contribution < 1.29 is 0 Å². The minimum atomic E-state index is 0.502. The van der Waals surface area contributed by atoms with Crippen LogP contribution in [0.4, 0.5) is 5.95 Å². The van der Waals surface area contributed by atoms with Crippen LogP contribution in [-0.2, 0) is 0 Å². The fourth-order valence-corrected chi connectivity index (χ4v) is 2.35. The van der Waals surface area contributed by atoms with Crippen molar-refractivity contribution in [3.8, 4) is 0 Å². The van der Waals surface area contributed by atoms with Gasteiger partial charge in [0.15, 0.2) is 0 Å². The number of nitrogens with one attached hydrogen (secondary N) is 1. The van der Waals surface area contributed by atoms with Crippen LogP contribution in [0.5, 0.6) is 0 Å². The Morgan fingerprint density at radius 3 is 2.78 bits per heavy atom. The van der Waals surface area contributed by atoms with Gasteiger partial charge in [-0.2, -0.15) is 5.10 Å². The Hall–Kier alpha value is -1.23. The highest BCUT2D eigenvalue weighted by atomic mass is 15.3. The van der Waals surface area contributed by atoms with Gasteiger partial charge in [0.2, 0.25) is 5.95 Å². The number of hydrogen-bond acceptors (Lipinski definition) is 5. The van der Waals surface area contributed by atoms with Crippen molar-refractivity contribution in [2.75, 3.05) is 24.5 Å². The summed E-state index contributed by atoms with van der Waals surface area (Å²) in [5.74, 6) is 0.792. The smallest absolute Gasteiger partial charge is 0.245 e. The van der Waals surface area contributed by atoms with Crippen LogP contribution in [0.25, 0.3) is 0 Å². The number of aromatic nitrogens is 3. The van der Waals surface area contributed by atoms with Gasteiger partial charge >= 0.3 is 0 Å². The molecule has 0 amide bonds. The molecule has 1 aliphatic rings. The standard InChI is InChI=1S/C13H23N5/c1-4-14-9-12-7-5-6-8-18(12)13-15-10(2)11(3)16-17-13/h12,14H,4-9H2,1-3H3. The van der Waals surface area contributed by atoms with Crippen LogP contribution in [0.1, 0.15) is 37.6 Å². The van der Waals surface area contributed by atoms with Gasteiger partial charge in [-0.15, -0.1) is 5.10 Å². The zero-order chi connectivity index (χ0) is 13.0. The molecule has 0 saturated carbocycles. The van der Waals surface area contributed by atoms with Gasteiger partial charge < -0.3 is 10.2 Å². The summed E-state index contributed by atoms with van der Waals surface area (Å²) in [7, 11) is 0. The number of anilines is 1.